The standard InChI is InChI=1S/C30H54O3/c1-19(10-9-14-26(2,3)33)20-11-17-30(8)25-21(12-16-29(20,30)7)28(6)15-13-24(32)27(4,5)23(28)18-22(25)31/h19-25,31-33H,9-18H2,1-8H3/t19-,20-,21?,22?,23+,24+,25?,28-,29-,30+/m1/s1. The molecule has 0 spiro atoms. The molecule has 3 heteroatoms. The molecule has 3 N–H and O–H groups in total. The van der Waals surface area contributed by atoms with Gasteiger partial charge in [-0.2, -0.15) is 0 Å². The summed E-state index contributed by atoms with van der Waals surface area (Å²) in [4.78, 5) is 0. The van der Waals surface area contributed by atoms with Gasteiger partial charge in [-0.15, -0.1) is 0 Å². The minimum atomic E-state index is -0.564. The maximum Gasteiger partial charge on any atom is 0.0594 e. The first kappa shape index (κ1) is 26.0. The van der Waals surface area contributed by atoms with E-state index in [-0.39, 0.29) is 33.9 Å². The molecule has 10 atom stereocenters. The Hall–Kier alpha value is -0.120. The summed E-state index contributed by atoms with van der Waals surface area (Å²) in [5.74, 6) is 2.74. The number of hydrogen-bond acceptors (Lipinski definition) is 3. The van der Waals surface area contributed by atoms with E-state index < -0.39 is 5.60 Å². The second-order valence-electron chi connectivity index (χ2n) is 15.1. The Bertz CT molecular complexity index is 725. The minimum absolute atomic E-state index is 0.117. The summed E-state index contributed by atoms with van der Waals surface area (Å²) in [6.07, 6.45) is 10.6. The lowest BCUT2D eigenvalue weighted by atomic mass is 9.37. The van der Waals surface area contributed by atoms with Crippen molar-refractivity contribution in [2.75, 3.05) is 0 Å². The lowest BCUT2D eigenvalue weighted by Crippen LogP contribution is -2.65. The first-order valence-electron chi connectivity index (χ1n) is 14.2. The van der Waals surface area contributed by atoms with Crippen LogP contribution in [-0.4, -0.2) is 33.1 Å². The monoisotopic (exact) mass is 462 g/mol. The van der Waals surface area contributed by atoms with Crippen LogP contribution in [-0.2, 0) is 0 Å². The Morgan fingerprint density at radius 2 is 1.55 bits per heavy atom. The molecule has 0 heterocycles. The molecule has 0 aromatic carbocycles. The molecule has 0 aromatic rings. The number of hydrogen-bond donors (Lipinski definition) is 3. The van der Waals surface area contributed by atoms with E-state index in [4.69, 9.17) is 0 Å². The van der Waals surface area contributed by atoms with Crippen molar-refractivity contribution in [3.8, 4) is 0 Å². The Balaban J connectivity index is 1.58. The van der Waals surface area contributed by atoms with Gasteiger partial charge in [-0.1, -0.05) is 54.4 Å². The van der Waals surface area contributed by atoms with Gasteiger partial charge in [0.25, 0.3) is 0 Å². The van der Waals surface area contributed by atoms with Crippen LogP contribution in [0.2, 0.25) is 0 Å². The van der Waals surface area contributed by atoms with Gasteiger partial charge in [0, 0.05) is 0 Å². The molecule has 0 aromatic heterocycles. The van der Waals surface area contributed by atoms with E-state index in [1.165, 1.54) is 32.1 Å². The van der Waals surface area contributed by atoms with Crippen LogP contribution in [0.15, 0.2) is 0 Å². The van der Waals surface area contributed by atoms with Gasteiger partial charge >= 0.3 is 0 Å². The van der Waals surface area contributed by atoms with Crippen molar-refractivity contribution in [1.29, 1.82) is 0 Å². The fourth-order valence-electron chi connectivity index (χ4n) is 10.5. The Morgan fingerprint density at radius 1 is 0.909 bits per heavy atom. The van der Waals surface area contributed by atoms with Crippen LogP contribution in [0.3, 0.4) is 0 Å². The van der Waals surface area contributed by atoms with Crippen molar-refractivity contribution < 1.29 is 15.3 Å². The molecule has 3 nitrogen and oxygen atoms in total. The molecule has 0 saturated heterocycles. The van der Waals surface area contributed by atoms with Crippen LogP contribution in [0.5, 0.6) is 0 Å². The molecule has 0 amide bonds. The smallest absolute Gasteiger partial charge is 0.0594 e. The maximum absolute atomic E-state index is 11.7. The van der Waals surface area contributed by atoms with E-state index in [1.54, 1.807) is 0 Å². The van der Waals surface area contributed by atoms with E-state index in [1.807, 2.05) is 13.8 Å². The van der Waals surface area contributed by atoms with Gasteiger partial charge in [-0.25, -0.2) is 0 Å². The predicted molar refractivity (Wildman–Crippen MR) is 136 cm³/mol. The maximum atomic E-state index is 11.7. The van der Waals surface area contributed by atoms with Crippen molar-refractivity contribution in [3.63, 3.8) is 0 Å². The molecular weight excluding hydrogens is 408 g/mol. The Kier molecular flexibility index (Phi) is 6.45. The average molecular weight is 463 g/mol. The highest BCUT2D eigenvalue weighted by molar-refractivity contribution is 5.18. The van der Waals surface area contributed by atoms with Crippen LogP contribution in [0.1, 0.15) is 120 Å². The van der Waals surface area contributed by atoms with Gasteiger partial charge in [-0.3, -0.25) is 0 Å². The van der Waals surface area contributed by atoms with E-state index in [0.29, 0.717) is 29.6 Å². The quantitative estimate of drug-likeness (QED) is 0.432. The van der Waals surface area contributed by atoms with Gasteiger partial charge in [0.1, 0.15) is 0 Å². The highest BCUT2D eigenvalue weighted by Gasteiger charge is 2.69. The van der Waals surface area contributed by atoms with E-state index in [9.17, 15) is 15.3 Å². The van der Waals surface area contributed by atoms with Gasteiger partial charge < -0.3 is 15.3 Å². The molecule has 0 aliphatic heterocycles. The molecule has 33 heavy (non-hydrogen) atoms. The van der Waals surface area contributed by atoms with Crippen LogP contribution in [0.25, 0.3) is 0 Å². The SMILES string of the molecule is C[C@H](CCCC(C)(C)O)[C@H]1CC[C@@]2(C)C3C(O)C[C@H]4C(C)(C)[C@@H](O)CC[C@]4(C)C3CC[C@]12C. The van der Waals surface area contributed by atoms with Crippen molar-refractivity contribution in [2.45, 2.75) is 137 Å². The zero-order chi connectivity index (χ0) is 24.6. The number of aliphatic hydroxyl groups is 3. The normalized spacial score (nSPS) is 50.3. The van der Waals surface area contributed by atoms with Gasteiger partial charge in [0.05, 0.1) is 17.8 Å². The van der Waals surface area contributed by atoms with Gasteiger partial charge in [0.2, 0.25) is 0 Å². The molecule has 4 aliphatic carbocycles. The molecule has 0 radical (unpaired) electrons. The van der Waals surface area contributed by atoms with Crippen LogP contribution < -0.4 is 0 Å². The zero-order valence-electron chi connectivity index (χ0n) is 23.0. The third-order valence-corrected chi connectivity index (χ3v) is 12.6. The van der Waals surface area contributed by atoms with Crippen molar-refractivity contribution in [1.82, 2.24) is 0 Å². The molecule has 4 aliphatic rings. The highest BCUT2D eigenvalue weighted by Crippen LogP contribution is 2.74. The summed E-state index contributed by atoms with van der Waals surface area (Å²) in [5, 5.41) is 32.7. The fraction of sp³-hybridized carbons (Fsp3) is 1.00. The summed E-state index contributed by atoms with van der Waals surface area (Å²) in [5.41, 5.74) is 0.0293. The number of rotatable bonds is 5. The fourth-order valence-corrected chi connectivity index (χ4v) is 10.5. The van der Waals surface area contributed by atoms with Crippen LogP contribution in [0, 0.1) is 51.2 Å². The summed E-state index contributed by atoms with van der Waals surface area (Å²) in [6, 6.07) is 0. The molecule has 4 rings (SSSR count). The largest absolute Gasteiger partial charge is 0.393 e. The second-order valence-corrected chi connectivity index (χ2v) is 15.1. The third kappa shape index (κ3) is 3.86. The predicted octanol–water partition coefficient (Wildman–Crippen LogP) is 6.58. The summed E-state index contributed by atoms with van der Waals surface area (Å²) < 4.78 is 0. The summed E-state index contributed by atoms with van der Waals surface area (Å²) in [7, 11) is 0. The van der Waals surface area contributed by atoms with Crippen LogP contribution >= 0.6 is 0 Å². The Labute approximate surface area is 204 Å². The topological polar surface area (TPSA) is 60.7 Å². The number of fused-ring (bicyclic) bond motifs is 5. The first-order valence-corrected chi connectivity index (χ1v) is 14.2. The summed E-state index contributed by atoms with van der Waals surface area (Å²) >= 11 is 0. The molecule has 192 valence electrons. The van der Waals surface area contributed by atoms with E-state index >= 15 is 0 Å². The molecule has 4 fully saturated rings. The lowest BCUT2D eigenvalue weighted by molar-refractivity contribution is -0.234. The zero-order valence-corrected chi connectivity index (χ0v) is 23.0. The highest BCUT2D eigenvalue weighted by atomic mass is 16.3. The summed E-state index contributed by atoms with van der Waals surface area (Å²) in [6.45, 7) is 18.5. The lowest BCUT2D eigenvalue weighted by Gasteiger charge is -2.68. The van der Waals surface area contributed by atoms with Gasteiger partial charge in [-0.05, 0) is 116 Å². The van der Waals surface area contributed by atoms with Crippen LogP contribution in [0.4, 0.5) is 0 Å². The third-order valence-electron chi connectivity index (χ3n) is 12.6. The van der Waals surface area contributed by atoms with Crippen molar-refractivity contribution in [3.05, 3.63) is 0 Å². The molecule has 3 unspecified atom stereocenters. The molecule has 0 bridgehead atoms. The minimum Gasteiger partial charge on any atom is -0.393 e. The Morgan fingerprint density at radius 3 is 2.18 bits per heavy atom. The molecule has 4 saturated carbocycles. The van der Waals surface area contributed by atoms with E-state index in [0.717, 1.165) is 32.1 Å². The molecular formula is C30H54O3. The first-order chi connectivity index (χ1) is 15.1. The van der Waals surface area contributed by atoms with E-state index in [2.05, 4.69) is 41.5 Å². The number of aliphatic hydroxyl groups excluding tert-OH is 2. The van der Waals surface area contributed by atoms with Crippen molar-refractivity contribution >= 4 is 0 Å². The second kappa shape index (κ2) is 8.20. The van der Waals surface area contributed by atoms with Crippen molar-refractivity contribution in [2.24, 2.45) is 51.2 Å². The van der Waals surface area contributed by atoms with Gasteiger partial charge in [0.15, 0.2) is 0 Å². The average Bonchev–Trinajstić information content (AvgIpc) is 2.97.